The molecule has 0 saturated heterocycles. The summed E-state index contributed by atoms with van der Waals surface area (Å²) in [5, 5.41) is 4.67. The Balaban J connectivity index is 0.00000564. The van der Waals surface area contributed by atoms with Gasteiger partial charge in [0.25, 0.3) is 0 Å². The van der Waals surface area contributed by atoms with E-state index < -0.39 is 0 Å². The molecule has 6 nitrogen and oxygen atoms in total. The maximum Gasteiger partial charge on any atom is 0.135 e. The molecule has 0 amide bonds. The first-order valence-electron chi connectivity index (χ1n) is 26.8. The van der Waals surface area contributed by atoms with Gasteiger partial charge in [0.2, 0.25) is 0 Å². The Kier molecular flexibility index (Phi) is 11.4. The van der Waals surface area contributed by atoms with Crippen molar-refractivity contribution in [2.75, 3.05) is 9.80 Å². The van der Waals surface area contributed by atoms with Crippen LogP contribution in [0.15, 0.2) is 219 Å². The number of fused-ring (bicyclic) bond motifs is 13. The fourth-order valence-electron chi connectivity index (χ4n) is 12.2. The van der Waals surface area contributed by atoms with Crippen LogP contribution in [0.2, 0.25) is 0 Å². The third kappa shape index (κ3) is 7.68. The Hall–Kier alpha value is -8.96. The van der Waals surface area contributed by atoms with Crippen LogP contribution in [0.4, 0.5) is 22.7 Å². The predicted octanol–water partition coefficient (Wildman–Crippen LogP) is 19.0. The van der Waals surface area contributed by atoms with Crippen LogP contribution in [0.25, 0.3) is 99.6 Å². The standard InChI is InChI=1S/C72H52N5O.Pt/c1-45-39-65-66(40-46(45)2)75(70-53(47-19-8-6-9-20-47)28-17-29-54(70)48-21-10-7-11-22-48)44-74(65)50-23-16-24-51(42-50)78-52-33-34-60-64(43-52)76(67-41-49(37-38-73-67)72(3,4)5)62-35-36-63-68(69(60)62)57-27-13-12-25-55(57)58-30-18-31-59-56-26-14-15-32-61(56)77(63)71(58)59;/h6-41,44H,1-5H3;/q-3;. The van der Waals surface area contributed by atoms with Crippen LogP contribution in [-0.4, -0.2) is 14.1 Å². The van der Waals surface area contributed by atoms with Gasteiger partial charge in [-0.15, -0.1) is 48.1 Å². The van der Waals surface area contributed by atoms with Crippen LogP contribution in [-0.2, 0) is 26.5 Å². The van der Waals surface area contributed by atoms with Gasteiger partial charge in [-0.2, -0.15) is 12.1 Å². The molecule has 79 heavy (non-hydrogen) atoms. The Morgan fingerprint density at radius 3 is 1.85 bits per heavy atom. The van der Waals surface area contributed by atoms with Gasteiger partial charge in [-0.05, 0) is 106 Å². The molecule has 2 aliphatic heterocycles. The molecule has 0 aliphatic carbocycles. The molecular formula is C72H52N5OPt-3. The summed E-state index contributed by atoms with van der Waals surface area (Å²) in [7, 11) is 0. The second-order valence-electron chi connectivity index (χ2n) is 21.7. The molecular weight excluding hydrogens is 1150 g/mol. The van der Waals surface area contributed by atoms with Crippen LogP contribution in [0.3, 0.4) is 0 Å². The number of hydrogen-bond donors (Lipinski definition) is 0. The van der Waals surface area contributed by atoms with Crippen LogP contribution in [0, 0.1) is 32.6 Å². The van der Waals surface area contributed by atoms with E-state index in [-0.39, 0.29) is 26.5 Å². The number of ether oxygens (including phenoxy) is 1. The van der Waals surface area contributed by atoms with Crippen LogP contribution in [0.5, 0.6) is 11.5 Å². The maximum atomic E-state index is 6.95. The fraction of sp³-hybridized carbons (Fsp3) is 0.0833. The number of nitrogens with zero attached hydrogens (tertiary/aromatic N) is 5. The zero-order chi connectivity index (χ0) is 52.4. The molecule has 3 aromatic heterocycles. The summed E-state index contributed by atoms with van der Waals surface area (Å²) in [6.45, 7) is 13.3. The SMILES string of the molecule is Cc1cc2c(cc1C)N(c1c(-c3ccccc3)cccc1-c1ccccc1)[CH-]N2c1[c-]c(Oc2[c-]c3c(cc2)c2c4c(ccc2n3-c2cc(C(C)(C)C)ccn2)-n2c3ccccc3c3cccc(c32)-c2ccccc2-4)ccc1.[Pt]. The van der Waals surface area contributed by atoms with Crippen molar-refractivity contribution in [3.05, 3.63) is 254 Å². The predicted molar refractivity (Wildman–Crippen MR) is 322 cm³/mol. The summed E-state index contributed by atoms with van der Waals surface area (Å²) in [6.07, 6.45) is 1.94. The molecule has 0 unspecified atom stereocenters. The van der Waals surface area contributed by atoms with E-state index in [0.29, 0.717) is 11.5 Å². The van der Waals surface area contributed by atoms with Crippen LogP contribution >= 0.6 is 0 Å². The largest absolute Gasteiger partial charge is 0.509 e. The molecule has 15 rings (SSSR count). The molecule has 0 fully saturated rings. The molecule has 5 heterocycles. The minimum absolute atomic E-state index is 0. The van der Waals surface area contributed by atoms with E-state index in [2.05, 4.69) is 279 Å². The van der Waals surface area contributed by atoms with Crippen molar-refractivity contribution >= 4 is 66.4 Å². The van der Waals surface area contributed by atoms with E-state index in [1.54, 1.807) is 0 Å². The van der Waals surface area contributed by atoms with Crippen molar-refractivity contribution in [1.29, 1.82) is 0 Å². The summed E-state index contributed by atoms with van der Waals surface area (Å²) < 4.78 is 11.7. The molecule has 384 valence electrons. The zero-order valence-electron chi connectivity index (χ0n) is 44.3. The van der Waals surface area contributed by atoms with Crippen LogP contribution < -0.4 is 14.5 Å². The molecule has 10 aromatic carbocycles. The number of benzene rings is 10. The summed E-state index contributed by atoms with van der Waals surface area (Å²) >= 11 is 0. The van der Waals surface area contributed by atoms with Crippen molar-refractivity contribution in [2.45, 2.75) is 40.0 Å². The summed E-state index contributed by atoms with van der Waals surface area (Å²) in [6, 6.07) is 83.9. The second-order valence-corrected chi connectivity index (χ2v) is 21.7. The second kappa shape index (κ2) is 18.6. The number of hydrogen-bond acceptors (Lipinski definition) is 4. The number of rotatable bonds is 7. The first kappa shape index (κ1) is 48.4. The van der Waals surface area contributed by atoms with Gasteiger partial charge in [-0.3, -0.25) is 0 Å². The Morgan fingerprint density at radius 1 is 0.481 bits per heavy atom. The van der Waals surface area contributed by atoms with Crippen molar-refractivity contribution < 1.29 is 25.8 Å². The fourth-order valence-corrected chi connectivity index (χ4v) is 12.2. The molecule has 7 heteroatoms. The van der Waals surface area contributed by atoms with E-state index in [1.807, 2.05) is 12.3 Å². The van der Waals surface area contributed by atoms with Crippen LogP contribution in [0.1, 0.15) is 37.5 Å². The van der Waals surface area contributed by atoms with E-state index >= 15 is 0 Å². The third-order valence-corrected chi connectivity index (χ3v) is 16.1. The number of aryl methyl sites for hydroxylation is 2. The average molecular weight is 1200 g/mol. The Morgan fingerprint density at radius 2 is 1.10 bits per heavy atom. The number of anilines is 4. The molecule has 0 N–H and O–H groups in total. The van der Waals surface area contributed by atoms with Gasteiger partial charge in [-0.25, -0.2) is 4.98 Å². The van der Waals surface area contributed by atoms with Crippen molar-refractivity contribution in [1.82, 2.24) is 14.1 Å². The van der Waals surface area contributed by atoms with Gasteiger partial charge in [0, 0.05) is 94.4 Å². The van der Waals surface area contributed by atoms with Gasteiger partial charge in [-0.1, -0.05) is 166 Å². The summed E-state index contributed by atoms with van der Waals surface area (Å²) in [4.78, 5) is 9.72. The number of para-hydroxylation sites is 3. The minimum Gasteiger partial charge on any atom is -0.509 e. The van der Waals surface area contributed by atoms with E-state index in [0.717, 1.165) is 78.3 Å². The molecule has 0 spiro atoms. The quantitative estimate of drug-likeness (QED) is 0.149. The first-order valence-corrected chi connectivity index (χ1v) is 26.8. The zero-order valence-corrected chi connectivity index (χ0v) is 46.6. The maximum absolute atomic E-state index is 6.95. The Bertz CT molecular complexity index is 4530. The molecule has 13 aromatic rings. The van der Waals surface area contributed by atoms with Gasteiger partial charge in [0.05, 0.1) is 16.7 Å². The molecule has 0 bridgehead atoms. The van der Waals surface area contributed by atoms with Gasteiger partial charge in [0.1, 0.15) is 5.82 Å². The topological polar surface area (TPSA) is 38.5 Å². The monoisotopic (exact) mass is 1200 g/mol. The van der Waals surface area contributed by atoms with Gasteiger partial charge >= 0.3 is 0 Å². The van der Waals surface area contributed by atoms with E-state index in [9.17, 15) is 0 Å². The van der Waals surface area contributed by atoms with E-state index in [4.69, 9.17) is 9.72 Å². The van der Waals surface area contributed by atoms with Crippen molar-refractivity contribution in [3.8, 4) is 67.5 Å². The Labute approximate surface area is 474 Å². The normalized spacial score (nSPS) is 12.7. The smallest absolute Gasteiger partial charge is 0.135 e. The summed E-state index contributed by atoms with van der Waals surface area (Å²) in [5.74, 6) is 1.98. The minimum atomic E-state index is -0.102. The third-order valence-electron chi connectivity index (χ3n) is 16.1. The number of aromatic nitrogens is 3. The van der Waals surface area contributed by atoms with Crippen molar-refractivity contribution in [3.63, 3.8) is 0 Å². The van der Waals surface area contributed by atoms with Gasteiger partial charge < -0.3 is 23.7 Å². The van der Waals surface area contributed by atoms with Crippen molar-refractivity contribution in [2.24, 2.45) is 0 Å². The average Bonchev–Trinajstić information content (AvgIpc) is 3.56. The molecule has 0 atom stereocenters. The number of pyridine rings is 1. The van der Waals surface area contributed by atoms with Gasteiger partial charge in [0.15, 0.2) is 0 Å². The van der Waals surface area contributed by atoms with E-state index in [1.165, 1.54) is 60.8 Å². The molecule has 2 aliphatic rings. The first-order chi connectivity index (χ1) is 38.2. The molecule has 0 saturated carbocycles. The summed E-state index contributed by atoms with van der Waals surface area (Å²) in [5.41, 5.74) is 22.5. The molecule has 0 radical (unpaired) electrons.